The molecule has 0 aliphatic carbocycles. The van der Waals surface area contributed by atoms with Crippen LogP contribution < -0.4 is 10.6 Å². The van der Waals surface area contributed by atoms with Gasteiger partial charge in [0.05, 0.1) is 23.2 Å². The molecule has 136 valence electrons. The Morgan fingerprint density at radius 2 is 2.20 bits per heavy atom. The molecule has 0 aromatic heterocycles. The third-order valence-electron chi connectivity index (χ3n) is 4.35. The van der Waals surface area contributed by atoms with Crippen molar-refractivity contribution in [1.82, 2.24) is 4.90 Å². The van der Waals surface area contributed by atoms with Gasteiger partial charge in [0.15, 0.2) is 0 Å². The van der Waals surface area contributed by atoms with Crippen LogP contribution >= 0.6 is 11.6 Å². The van der Waals surface area contributed by atoms with Gasteiger partial charge in [0.2, 0.25) is 5.91 Å². The van der Waals surface area contributed by atoms with Gasteiger partial charge in [0.25, 0.3) is 0 Å². The van der Waals surface area contributed by atoms with E-state index in [1.54, 1.807) is 11.0 Å². The normalized spacial score (nSPS) is 19.6. The molecule has 0 spiro atoms. The fourth-order valence-corrected chi connectivity index (χ4v) is 3.45. The van der Waals surface area contributed by atoms with Gasteiger partial charge in [0, 0.05) is 18.8 Å². The van der Waals surface area contributed by atoms with Crippen molar-refractivity contribution in [3.05, 3.63) is 22.7 Å². The van der Waals surface area contributed by atoms with Crippen molar-refractivity contribution >= 4 is 35.0 Å². The molecule has 1 fully saturated rings. The number of carbonyl (C=O) groups is 2. The summed E-state index contributed by atoms with van der Waals surface area (Å²) in [6.07, 6.45) is 1.98. The van der Waals surface area contributed by atoms with E-state index in [4.69, 9.17) is 16.3 Å². The Bertz CT molecular complexity index is 700. The van der Waals surface area contributed by atoms with E-state index in [-0.39, 0.29) is 18.0 Å². The summed E-state index contributed by atoms with van der Waals surface area (Å²) < 4.78 is 5.49. The van der Waals surface area contributed by atoms with E-state index >= 15 is 0 Å². The smallest absolute Gasteiger partial charge is 0.410 e. The van der Waals surface area contributed by atoms with Crippen molar-refractivity contribution in [3.8, 4) is 0 Å². The Balaban J connectivity index is 1.64. The number of rotatable bonds is 3. The third kappa shape index (κ3) is 4.18. The Morgan fingerprint density at radius 1 is 1.44 bits per heavy atom. The molecule has 1 aromatic carbocycles. The summed E-state index contributed by atoms with van der Waals surface area (Å²) in [6.45, 7) is 6.91. The van der Waals surface area contributed by atoms with Crippen LogP contribution in [0.5, 0.6) is 0 Å². The topological polar surface area (TPSA) is 70.7 Å². The van der Waals surface area contributed by atoms with E-state index in [2.05, 4.69) is 10.6 Å². The first kappa shape index (κ1) is 17.9. The minimum absolute atomic E-state index is 0.0184. The molecule has 2 amide bonds. The number of benzene rings is 1. The summed E-state index contributed by atoms with van der Waals surface area (Å²) in [6, 6.07) is 3.74. The average molecular weight is 366 g/mol. The third-order valence-corrected chi connectivity index (χ3v) is 4.66. The number of ether oxygens (including phenoxy) is 1. The van der Waals surface area contributed by atoms with E-state index in [1.165, 1.54) is 0 Å². The van der Waals surface area contributed by atoms with Crippen molar-refractivity contribution in [3.63, 3.8) is 0 Å². The number of anilines is 2. The SMILES string of the molecule is CC(C)(C)OC(=O)N1CCCC1CNc1cc2c(cc1Cl)NC(=O)C2. The second-order valence-corrected chi connectivity index (χ2v) is 7.97. The van der Waals surface area contributed by atoms with Crippen molar-refractivity contribution in [2.24, 2.45) is 0 Å². The van der Waals surface area contributed by atoms with E-state index in [0.29, 0.717) is 24.5 Å². The fourth-order valence-electron chi connectivity index (χ4n) is 3.22. The molecule has 3 rings (SSSR count). The maximum absolute atomic E-state index is 12.3. The quantitative estimate of drug-likeness (QED) is 0.857. The predicted molar refractivity (Wildman–Crippen MR) is 98.2 cm³/mol. The summed E-state index contributed by atoms with van der Waals surface area (Å²) in [5, 5.41) is 6.67. The highest BCUT2D eigenvalue weighted by Crippen LogP contribution is 2.33. The maximum atomic E-state index is 12.3. The fraction of sp³-hybridized carbons (Fsp3) is 0.556. The first-order valence-electron chi connectivity index (χ1n) is 8.59. The molecule has 6 nitrogen and oxygen atoms in total. The van der Waals surface area contributed by atoms with Gasteiger partial charge in [-0.05, 0) is 51.3 Å². The van der Waals surface area contributed by atoms with Crippen LogP contribution in [0.25, 0.3) is 0 Å². The summed E-state index contributed by atoms with van der Waals surface area (Å²) >= 11 is 6.31. The van der Waals surface area contributed by atoms with Crippen LogP contribution in [0.4, 0.5) is 16.2 Å². The van der Waals surface area contributed by atoms with Gasteiger partial charge in [-0.3, -0.25) is 4.79 Å². The zero-order chi connectivity index (χ0) is 18.2. The minimum Gasteiger partial charge on any atom is -0.444 e. The zero-order valence-electron chi connectivity index (χ0n) is 14.8. The van der Waals surface area contributed by atoms with Crippen LogP contribution in [0.15, 0.2) is 12.1 Å². The van der Waals surface area contributed by atoms with Gasteiger partial charge in [0.1, 0.15) is 5.60 Å². The standard InChI is InChI=1S/C18H24ClN3O3/c1-18(2,3)25-17(24)22-6-4-5-12(22)10-20-15-7-11-8-16(23)21-14(11)9-13(15)19/h7,9,12,20H,4-6,8,10H2,1-3H3,(H,21,23). The molecule has 0 bridgehead atoms. The lowest BCUT2D eigenvalue weighted by molar-refractivity contribution is -0.115. The molecule has 0 saturated carbocycles. The Labute approximate surface area is 152 Å². The number of nitrogens with zero attached hydrogens (tertiary/aromatic N) is 1. The molecule has 7 heteroatoms. The van der Waals surface area contributed by atoms with Gasteiger partial charge in [-0.1, -0.05) is 11.6 Å². The van der Waals surface area contributed by atoms with Gasteiger partial charge < -0.3 is 20.3 Å². The lowest BCUT2D eigenvalue weighted by Gasteiger charge is -2.29. The number of fused-ring (bicyclic) bond motifs is 1. The van der Waals surface area contributed by atoms with Crippen LogP contribution in [0.3, 0.4) is 0 Å². The highest BCUT2D eigenvalue weighted by Gasteiger charge is 2.32. The second-order valence-electron chi connectivity index (χ2n) is 7.56. The summed E-state index contributed by atoms with van der Waals surface area (Å²) in [4.78, 5) is 25.6. The molecule has 2 N–H and O–H groups in total. The van der Waals surface area contributed by atoms with E-state index in [1.807, 2.05) is 26.8 Å². The number of hydrogen-bond donors (Lipinski definition) is 2. The summed E-state index contributed by atoms with van der Waals surface area (Å²) in [7, 11) is 0. The Hall–Kier alpha value is -1.95. The van der Waals surface area contributed by atoms with E-state index in [9.17, 15) is 9.59 Å². The van der Waals surface area contributed by atoms with Gasteiger partial charge in [-0.15, -0.1) is 0 Å². The summed E-state index contributed by atoms with van der Waals surface area (Å²) in [5.41, 5.74) is 2.00. The number of halogens is 1. The van der Waals surface area contributed by atoms with Crippen molar-refractivity contribution in [2.75, 3.05) is 23.7 Å². The first-order valence-corrected chi connectivity index (χ1v) is 8.96. The largest absolute Gasteiger partial charge is 0.444 e. The van der Waals surface area contributed by atoms with Gasteiger partial charge in [-0.25, -0.2) is 4.79 Å². The molecule has 25 heavy (non-hydrogen) atoms. The number of hydrogen-bond acceptors (Lipinski definition) is 4. The number of likely N-dealkylation sites (tertiary alicyclic amines) is 1. The molecule has 0 radical (unpaired) electrons. The number of carbonyl (C=O) groups excluding carboxylic acids is 2. The molecule has 2 heterocycles. The van der Waals surface area contributed by atoms with Crippen molar-refractivity contribution < 1.29 is 14.3 Å². The van der Waals surface area contributed by atoms with Crippen LogP contribution in [-0.4, -0.2) is 41.6 Å². The monoisotopic (exact) mass is 365 g/mol. The minimum atomic E-state index is -0.500. The molecule has 2 aliphatic rings. The van der Waals surface area contributed by atoms with Gasteiger partial charge in [-0.2, -0.15) is 0 Å². The molecule has 1 saturated heterocycles. The Morgan fingerprint density at radius 3 is 2.92 bits per heavy atom. The van der Waals surface area contributed by atoms with Gasteiger partial charge >= 0.3 is 6.09 Å². The van der Waals surface area contributed by atoms with Crippen LogP contribution in [0.1, 0.15) is 39.2 Å². The number of nitrogens with one attached hydrogen (secondary N) is 2. The highest BCUT2D eigenvalue weighted by atomic mass is 35.5. The lowest BCUT2D eigenvalue weighted by Crippen LogP contribution is -2.42. The van der Waals surface area contributed by atoms with Crippen molar-refractivity contribution in [2.45, 2.75) is 51.7 Å². The maximum Gasteiger partial charge on any atom is 0.410 e. The van der Waals surface area contributed by atoms with Crippen LogP contribution in [0.2, 0.25) is 5.02 Å². The molecule has 1 atom stereocenters. The summed E-state index contributed by atoms with van der Waals surface area (Å²) in [5.74, 6) is -0.0184. The lowest BCUT2D eigenvalue weighted by atomic mass is 10.1. The molecular formula is C18H24ClN3O3. The van der Waals surface area contributed by atoms with Crippen LogP contribution in [0, 0.1) is 0 Å². The van der Waals surface area contributed by atoms with E-state index < -0.39 is 5.60 Å². The predicted octanol–water partition coefficient (Wildman–Crippen LogP) is 3.65. The highest BCUT2D eigenvalue weighted by molar-refractivity contribution is 6.33. The average Bonchev–Trinajstić information content (AvgIpc) is 3.08. The van der Waals surface area contributed by atoms with Crippen LogP contribution in [-0.2, 0) is 16.0 Å². The molecule has 1 aromatic rings. The zero-order valence-corrected chi connectivity index (χ0v) is 15.6. The molecular weight excluding hydrogens is 342 g/mol. The Kier molecular flexibility index (Phi) is 4.82. The van der Waals surface area contributed by atoms with Crippen molar-refractivity contribution in [1.29, 1.82) is 0 Å². The second kappa shape index (κ2) is 6.75. The molecule has 2 aliphatic heterocycles. The molecule has 1 unspecified atom stereocenters. The first-order chi connectivity index (χ1) is 11.7. The number of amides is 2. The van der Waals surface area contributed by atoms with E-state index in [0.717, 1.165) is 29.8 Å².